The first kappa shape index (κ1) is 18.7. The Labute approximate surface area is 164 Å². The first-order chi connectivity index (χ1) is 13.5. The molecule has 146 valence electrons. The van der Waals surface area contributed by atoms with Gasteiger partial charge in [0.1, 0.15) is 0 Å². The Bertz CT molecular complexity index is 1110. The van der Waals surface area contributed by atoms with Crippen LogP contribution >= 0.6 is 0 Å². The average molecular weight is 398 g/mol. The number of nitrogens with one attached hydrogen (secondary N) is 1. The molecular formula is C21H23N3O3S. The van der Waals surface area contributed by atoms with E-state index in [4.69, 9.17) is 0 Å². The Morgan fingerprint density at radius 3 is 2.50 bits per heavy atom. The molecule has 1 aliphatic carbocycles. The van der Waals surface area contributed by atoms with Gasteiger partial charge in [-0.05, 0) is 38.0 Å². The van der Waals surface area contributed by atoms with Gasteiger partial charge < -0.3 is 5.32 Å². The van der Waals surface area contributed by atoms with Crippen LogP contribution in [-0.2, 0) is 10.0 Å². The summed E-state index contributed by atoms with van der Waals surface area (Å²) >= 11 is 0. The van der Waals surface area contributed by atoms with E-state index in [1.165, 1.54) is 22.8 Å². The van der Waals surface area contributed by atoms with Crippen molar-refractivity contribution in [3.63, 3.8) is 0 Å². The second kappa shape index (κ2) is 7.39. The predicted octanol–water partition coefficient (Wildman–Crippen LogP) is 4.14. The molecule has 1 saturated carbocycles. The van der Waals surface area contributed by atoms with Crippen molar-refractivity contribution in [3.8, 4) is 0 Å². The summed E-state index contributed by atoms with van der Waals surface area (Å²) in [5.74, 6) is 0. The molecule has 0 saturated heterocycles. The van der Waals surface area contributed by atoms with Crippen molar-refractivity contribution in [2.75, 3.05) is 5.32 Å². The van der Waals surface area contributed by atoms with E-state index in [9.17, 15) is 13.2 Å². The number of rotatable bonds is 5. The molecule has 0 atom stereocenters. The van der Waals surface area contributed by atoms with E-state index in [2.05, 4.69) is 10.3 Å². The summed E-state index contributed by atoms with van der Waals surface area (Å²) in [5.41, 5.74) is 2.43. The zero-order valence-electron chi connectivity index (χ0n) is 15.8. The molecule has 1 N–H and O–H groups in total. The molecule has 1 aromatic carbocycles. The number of hydrogen-bond donors (Lipinski definition) is 1. The maximum atomic E-state index is 13.1. The van der Waals surface area contributed by atoms with Crippen LogP contribution in [0.25, 0.3) is 11.0 Å². The van der Waals surface area contributed by atoms with Crippen molar-refractivity contribution < 1.29 is 13.2 Å². The molecule has 0 amide bonds. The minimum absolute atomic E-state index is 0.207. The monoisotopic (exact) mass is 397 g/mol. The standard InChI is InChI=1S/C21H23N3O3S/c1-15-7-9-18(10-8-15)28(26,27)24-12-11-19-20(16(14-25)13-22-21(19)24)23-17-5-3-2-4-6-17/h7-14,17H,2-6H2,1H3,(H,22,23). The number of carbonyl (C=O) groups excluding carboxylic acids is 1. The Morgan fingerprint density at radius 1 is 1.11 bits per heavy atom. The zero-order chi connectivity index (χ0) is 19.7. The minimum atomic E-state index is -3.77. The topological polar surface area (TPSA) is 81.1 Å². The van der Waals surface area contributed by atoms with Gasteiger partial charge >= 0.3 is 0 Å². The highest BCUT2D eigenvalue weighted by Crippen LogP contribution is 2.31. The number of carbonyl (C=O) groups is 1. The van der Waals surface area contributed by atoms with Gasteiger partial charge in [0.25, 0.3) is 10.0 Å². The molecule has 0 radical (unpaired) electrons. The van der Waals surface area contributed by atoms with Gasteiger partial charge in [-0.1, -0.05) is 37.0 Å². The fourth-order valence-corrected chi connectivity index (χ4v) is 5.10. The Balaban J connectivity index is 1.80. The number of aryl methyl sites for hydroxylation is 1. The van der Waals surface area contributed by atoms with E-state index in [0.29, 0.717) is 22.3 Å². The first-order valence-electron chi connectivity index (χ1n) is 9.55. The lowest BCUT2D eigenvalue weighted by atomic mass is 9.95. The highest BCUT2D eigenvalue weighted by molar-refractivity contribution is 7.90. The van der Waals surface area contributed by atoms with Crippen molar-refractivity contribution in [1.29, 1.82) is 0 Å². The van der Waals surface area contributed by atoms with Crippen LogP contribution in [0.5, 0.6) is 0 Å². The zero-order valence-corrected chi connectivity index (χ0v) is 16.6. The fraction of sp³-hybridized carbons (Fsp3) is 0.333. The van der Waals surface area contributed by atoms with Crippen LogP contribution in [-0.4, -0.2) is 29.7 Å². The van der Waals surface area contributed by atoms with Gasteiger partial charge in [-0.3, -0.25) is 4.79 Å². The summed E-state index contributed by atoms with van der Waals surface area (Å²) in [6.07, 6.45) is 9.36. The van der Waals surface area contributed by atoms with E-state index < -0.39 is 10.0 Å². The lowest BCUT2D eigenvalue weighted by molar-refractivity contribution is 0.112. The SMILES string of the molecule is Cc1ccc(S(=O)(=O)n2ccc3c(NC4CCCCC4)c(C=O)cnc32)cc1. The second-order valence-electron chi connectivity index (χ2n) is 7.35. The minimum Gasteiger partial charge on any atom is -0.381 e. The summed E-state index contributed by atoms with van der Waals surface area (Å²) in [6.45, 7) is 1.91. The van der Waals surface area contributed by atoms with Crippen molar-refractivity contribution in [2.45, 2.75) is 50.0 Å². The maximum Gasteiger partial charge on any atom is 0.269 e. The summed E-state index contributed by atoms with van der Waals surface area (Å²) in [5, 5.41) is 4.12. The molecule has 0 aliphatic heterocycles. The largest absolute Gasteiger partial charge is 0.381 e. The lowest BCUT2D eigenvalue weighted by Crippen LogP contribution is -2.23. The molecule has 28 heavy (non-hydrogen) atoms. The molecule has 0 unspecified atom stereocenters. The van der Waals surface area contributed by atoms with Crippen LogP contribution in [0.15, 0.2) is 47.6 Å². The maximum absolute atomic E-state index is 13.1. The molecule has 3 aromatic rings. The summed E-state index contributed by atoms with van der Waals surface area (Å²) in [4.78, 5) is 16.1. The van der Waals surface area contributed by atoms with E-state index in [0.717, 1.165) is 37.5 Å². The van der Waals surface area contributed by atoms with Gasteiger partial charge in [0, 0.05) is 23.8 Å². The molecule has 2 heterocycles. The molecule has 6 nitrogen and oxygen atoms in total. The number of fused-ring (bicyclic) bond motifs is 1. The van der Waals surface area contributed by atoms with E-state index in [1.807, 2.05) is 6.92 Å². The number of hydrogen-bond acceptors (Lipinski definition) is 5. The van der Waals surface area contributed by atoms with Crippen LogP contribution < -0.4 is 5.32 Å². The van der Waals surface area contributed by atoms with Gasteiger partial charge in [0.15, 0.2) is 11.9 Å². The molecule has 0 bridgehead atoms. The fourth-order valence-electron chi connectivity index (χ4n) is 3.80. The number of aromatic nitrogens is 2. The average Bonchev–Trinajstić information content (AvgIpc) is 3.15. The van der Waals surface area contributed by atoms with Crippen molar-refractivity contribution in [1.82, 2.24) is 8.96 Å². The predicted molar refractivity (Wildman–Crippen MR) is 109 cm³/mol. The van der Waals surface area contributed by atoms with E-state index in [-0.39, 0.29) is 10.9 Å². The number of pyridine rings is 1. The van der Waals surface area contributed by atoms with Crippen molar-refractivity contribution in [3.05, 3.63) is 53.9 Å². The molecule has 1 aliphatic rings. The van der Waals surface area contributed by atoms with E-state index in [1.54, 1.807) is 30.3 Å². The van der Waals surface area contributed by atoms with Gasteiger partial charge in [-0.2, -0.15) is 0 Å². The highest BCUT2D eigenvalue weighted by atomic mass is 32.2. The molecule has 2 aromatic heterocycles. The lowest BCUT2D eigenvalue weighted by Gasteiger charge is -2.25. The third-order valence-electron chi connectivity index (χ3n) is 5.37. The summed E-state index contributed by atoms with van der Waals surface area (Å²) in [6, 6.07) is 8.73. The van der Waals surface area contributed by atoms with E-state index >= 15 is 0 Å². The number of aldehydes is 1. The van der Waals surface area contributed by atoms with Gasteiger partial charge in [0.05, 0.1) is 16.1 Å². The number of nitrogens with zero attached hydrogens (tertiary/aromatic N) is 2. The molecule has 1 fully saturated rings. The molecular weight excluding hydrogens is 374 g/mol. The summed E-state index contributed by atoms with van der Waals surface area (Å²) in [7, 11) is -3.77. The van der Waals surface area contributed by atoms with Gasteiger partial charge in [-0.25, -0.2) is 17.4 Å². The van der Waals surface area contributed by atoms with Crippen molar-refractivity contribution >= 4 is 33.0 Å². The number of anilines is 1. The molecule has 0 spiro atoms. The van der Waals surface area contributed by atoms with Crippen LogP contribution in [0.3, 0.4) is 0 Å². The van der Waals surface area contributed by atoms with Gasteiger partial charge in [-0.15, -0.1) is 0 Å². The van der Waals surface area contributed by atoms with Crippen LogP contribution in [0.1, 0.15) is 48.0 Å². The second-order valence-corrected chi connectivity index (χ2v) is 9.17. The molecule has 7 heteroatoms. The summed E-state index contributed by atoms with van der Waals surface area (Å²) < 4.78 is 27.4. The highest BCUT2D eigenvalue weighted by Gasteiger charge is 2.23. The van der Waals surface area contributed by atoms with Crippen LogP contribution in [0.2, 0.25) is 0 Å². The Morgan fingerprint density at radius 2 is 1.82 bits per heavy atom. The third-order valence-corrected chi connectivity index (χ3v) is 7.05. The smallest absolute Gasteiger partial charge is 0.269 e. The Hall–Kier alpha value is -2.67. The van der Waals surface area contributed by atoms with Crippen LogP contribution in [0, 0.1) is 6.92 Å². The number of benzene rings is 1. The normalized spacial score (nSPS) is 15.6. The van der Waals surface area contributed by atoms with Crippen LogP contribution in [0.4, 0.5) is 5.69 Å². The third kappa shape index (κ3) is 3.30. The molecule has 4 rings (SSSR count). The first-order valence-corrected chi connectivity index (χ1v) is 11.0. The Kier molecular flexibility index (Phi) is 4.93. The van der Waals surface area contributed by atoms with Crippen molar-refractivity contribution in [2.24, 2.45) is 0 Å². The quantitative estimate of drug-likeness (QED) is 0.655. The van der Waals surface area contributed by atoms with Gasteiger partial charge in [0.2, 0.25) is 0 Å².